The molecule has 0 aromatic carbocycles. The number of hydrogen-bond acceptors (Lipinski definition) is 3. The lowest BCUT2D eigenvalue weighted by molar-refractivity contribution is 0.0924. The highest BCUT2D eigenvalue weighted by molar-refractivity contribution is 6.48. The van der Waals surface area contributed by atoms with Gasteiger partial charge in [-0.2, -0.15) is 0 Å². The SMILES string of the molecule is CCC(CCO)NC(=O)c1ncc(Cl)c(Cl)c1Cl. The molecule has 18 heavy (non-hydrogen) atoms. The van der Waals surface area contributed by atoms with Crippen LogP contribution in [0.2, 0.25) is 15.1 Å². The van der Waals surface area contributed by atoms with Crippen molar-refractivity contribution in [1.82, 2.24) is 10.3 Å². The van der Waals surface area contributed by atoms with Gasteiger partial charge < -0.3 is 10.4 Å². The number of aliphatic hydroxyl groups excluding tert-OH is 1. The number of amides is 1. The van der Waals surface area contributed by atoms with Gasteiger partial charge in [0.15, 0.2) is 0 Å². The van der Waals surface area contributed by atoms with Gasteiger partial charge in [-0.3, -0.25) is 4.79 Å². The van der Waals surface area contributed by atoms with Gasteiger partial charge in [-0.25, -0.2) is 4.98 Å². The van der Waals surface area contributed by atoms with Crippen molar-refractivity contribution in [2.45, 2.75) is 25.8 Å². The summed E-state index contributed by atoms with van der Waals surface area (Å²) in [5.41, 5.74) is 0.0301. The Morgan fingerprint density at radius 1 is 1.44 bits per heavy atom. The summed E-state index contributed by atoms with van der Waals surface area (Å²) in [6.45, 7) is 1.91. The Balaban J connectivity index is 2.87. The Bertz CT molecular complexity index is 441. The van der Waals surface area contributed by atoms with Crippen molar-refractivity contribution < 1.29 is 9.90 Å². The van der Waals surface area contributed by atoms with E-state index in [2.05, 4.69) is 10.3 Å². The van der Waals surface area contributed by atoms with Crippen LogP contribution in [0.3, 0.4) is 0 Å². The molecule has 0 saturated heterocycles. The number of carbonyl (C=O) groups is 1. The van der Waals surface area contributed by atoms with Crippen LogP contribution in [-0.4, -0.2) is 28.6 Å². The van der Waals surface area contributed by atoms with Crippen LogP contribution in [0.25, 0.3) is 0 Å². The van der Waals surface area contributed by atoms with Gasteiger partial charge >= 0.3 is 0 Å². The molecule has 1 aromatic heterocycles. The smallest absolute Gasteiger partial charge is 0.271 e. The Kier molecular flexibility index (Phi) is 6.15. The van der Waals surface area contributed by atoms with E-state index in [0.29, 0.717) is 12.8 Å². The predicted octanol–water partition coefficient (Wildman–Crippen LogP) is 2.93. The van der Waals surface area contributed by atoms with Crippen molar-refractivity contribution >= 4 is 40.7 Å². The molecule has 7 heteroatoms. The number of hydrogen-bond donors (Lipinski definition) is 2. The summed E-state index contributed by atoms with van der Waals surface area (Å²) >= 11 is 17.5. The quantitative estimate of drug-likeness (QED) is 0.879. The molecule has 100 valence electrons. The van der Waals surface area contributed by atoms with E-state index in [1.165, 1.54) is 6.20 Å². The summed E-state index contributed by atoms with van der Waals surface area (Å²) in [4.78, 5) is 15.8. The molecule has 0 radical (unpaired) electrons. The van der Waals surface area contributed by atoms with E-state index >= 15 is 0 Å². The van der Waals surface area contributed by atoms with Crippen molar-refractivity contribution in [2.75, 3.05) is 6.61 Å². The number of nitrogens with one attached hydrogen (secondary N) is 1. The lowest BCUT2D eigenvalue weighted by atomic mass is 10.1. The lowest BCUT2D eigenvalue weighted by Gasteiger charge is -2.16. The molecule has 0 aliphatic heterocycles. The number of pyridine rings is 1. The largest absolute Gasteiger partial charge is 0.396 e. The average molecular weight is 312 g/mol. The summed E-state index contributed by atoms with van der Waals surface area (Å²) in [6.07, 6.45) is 2.45. The highest BCUT2D eigenvalue weighted by Gasteiger charge is 2.19. The zero-order valence-corrected chi connectivity index (χ0v) is 12.0. The second-order valence-corrected chi connectivity index (χ2v) is 4.84. The van der Waals surface area contributed by atoms with E-state index < -0.39 is 5.91 Å². The summed E-state index contributed by atoms with van der Waals surface area (Å²) in [5.74, 6) is -0.432. The molecule has 1 amide bonds. The van der Waals surface area contributed by atoms with Crippen LogP contribution in [0.15, 0.2) is 6.20 Å². The van der Waals surface area contributed by atoms with Crippen molar-refractivity contribution in [3.63, 3.8) is 0 Å². The number of halogens is 3. The third-order valence-electron chi connectivity index (χ3n) is 2.44. The molecule has 2 N–H and O–H groups in total. The molecule has 1 heterocycles. The minimum Gasteiger partial charge on any atom is -0.396 e. The number of aliphatic hydroxyl groups is 1. The minimum absolute atomic E-state index is 0.00131. The zero-order chi connectivity index (χ0) is 13.7. The van der Waals surface area contributed by atoms with Gasteiger partial charge in [-0.05, 0) is 12.8 Å². The van der Waals surface area contributed by atoms with Gasteiger partial charge in [0.05, 0.1) is 15.1 Å². The van der Waals surface area contributed by atoms with E-state index in [0.717, 1.165) is 0 Å². The summed E-state index contributed by atoms with van der Waals surface area (Å²) in [7, 11) is 0. The van der Waals surface area contributed by atoms with E-state index in [9.17, 15) is 4.79 Å². The van der Waals surface area contributed by atoms with Crippen molar-refractivity contribution in [3.05, 3.63) is 27.0 Å². The first-order valence-electron chi connectivity index (χ1n) is 5.42. The molecule has 1 atom stereocenters. The topological polar surface area (TPSA) is 62.2 Å². The summed E-state index contributed by atoms with van der Waals surface area (Å²) in [6, 6.07) is -0.130. The maximum absolute atomic E-state index is 11.9. The van der Waals surface area contributed by atoms with Gasteiger partial charge in [-0.15, -0.1) is 0 Å². The second kappa shape index (κ2) is 7.14. The van der Waals surface area contributed by atoms with Crippen LogP contribution < -0.4 is 5.32 Å². The van der Waals surface area contributed by atoms with Gasteiger partial charge in [-0.1, -0.05) is 41.7 Å². The van der Waals surface area contributed by atoms with Crippen LogP contribution in [0.4, 0.5) is 0 Å². The minimum atomic E-state index is -0.432. The average Bonchev–Trinajstić information content (AvgIpc) is 2.35. The van der Waals surface area contributed by atoms with Gasteiger partial charge in [0.1, 0.15) is 5.69 Å². The van der Waals surface area contributed by atoms with E-state index in [4.69, 9.17) is 39.9 Å². The van der Waals surface area contributed by atoms with Crippen molar-refractivity contribution in [1.29, 1.82) is 0 Å². The van der Waals surface area contributed by atoms with Crippen LogP contribution in [-0.2, 0) is 0 Å². The third kappa shape index (κ3) is 3.72. The van der Waals surface area contributed by atoms with Crippen molar-refractivity contribution in [2.24, 2.45) is 0 Å². The van der Waals surface area contributed by atoms with Crippen LogP contribution >= 0.6 is 34.8 Å². The number of aromatic nitrogens is 1. The molecule has 0 bridgehead atoms. The Morgan fingerprint density at radius 3 is 2.67 bits per heavy atom. The van der Waals surface area contributed by atoms with E-state index in [-0.39, 0.29) is 33.4 Å². The molecule has 0 aliphatic carbocycles. The normalized spacial score (nSPS) is 12.3. The molecule has 0 aliphatic rings. The molecule has 0 spiro atoms. The van der Waals surface area contributed by atoms with Gasteiger partial charge in [0, 0.05) is 18.8 Å². The first-order valence-corrected chi connectivity index (χ1v) is 6.55. The molecule has 1 rings (SSSR count). The molecular formula is C11H13Cl3N2O2. The molecule has 4 nitrogen and oxygen atoms in total. The van der Waals surface area contributed by atoms with E-state index in [1.807, 2.05) is 6.92 Å². The first kappa shape index (κ1) is 15.5. The maximum Gasteiger partial charge on any atom is 0.271 e. The summed E-state index contributed by atoms with van der Waals surface area (Å²) < 4.78 is 0. The molecule has 0 saturated carbocycles. The Hall–Kier alpha value is -0.550. The van der Waals surface area contributed by atoms with Gasteiger partial charge in [0.25, 0.3) is 5.91 Å². The monoisotopic (exact) mass is 310 g/mol. The van der Waals surface area contributed by atoms with E-state index in [1.54, 1.807) is 0 Å². The highest BCUT2D eigenvalue weighted by Crippen LogP contribution is 2.31. The Morgan fingerprint density at radius 2 is 2.11 bits per heavy atom. The number of carbonyl (C=O) groups excluding carboxylic acids is 1. The molecule has 0 fully saturated rings. The number of nitrogens with zero attached hydrogens (tertiary/aromatic N) is 1. The van der Waals surface area contributed by atoms with Crippen LogP contribution in [0.1, 0.15) is 30.3 Å². The highest BCUT2D eigenvalue weighted by atomic mass is 35.5. The fraction of sp³-hybridized carbons (Fsp3) is 0.455. The third-order valence-corrected chi connectivity index (χ3v) is 3.68. The molecule has 1 aromatic rings. The lowest BCUT2D eigenvalue weighted by Crippen LogP contribution is -2.35. The number of rotatable bonds is 5. The molecular weight excluding hydrogens is 298 g/mol. The van der Waals surface area contributed by atoms with Gasteiger partial charge in [0.2, 0.25) is 0 Å². The predicted molar refractivity (Wildman–Crippen MR) is 72.5 cm³/mol. The first-order chi connectivity index (χ1) is 8.51. The fourth-order valence-electron chi connectivity index (χ4n) is 1.39. The van der Waals surface area contributed by atoms with Crippen LogP contribution in [0.5, 0.6) is 0 Å². The fourth-order valence-corrected chi connectivity index (χ4v) is 1.96. The van der Waals surface area contributed by atoms with Crippen LogP contribution in [0, 0.1) is 0 Å². The maximum atomic E-state index is 11.9. The molecule has 1 unspecified atom stereocenters. The second-order valence-electron chi connectivity index (χ2n) is 3.67. The zero-order valence-electron chi connectivity index (χ0n) is 9.71. The Labute approximate surface area is 120 Å². The van der Waals surface area contributed by atoms with Crippen molar-refractivity contribution in [3.8, 4) is 0 Å². The standard InChI is InChI=1S/C11H13Cl3N2O2/c1-2-6(3-4-17)16-11(18)10-9(14)8(13)7(12)5-15-10/h5-6,17H,2-4H2,1H3,(H,16,18). The summed E-state index contributed by atoms with van der Waals surface area (Å²) in [5, 5.41) is 11.9.